The van der Waals surface area contributed by atoms with Crippen LogP contribution < -0.4 is 19.9 Å². The lowest BCUT2D eigenvalue weighted by molar-refractivity contribution is 0.189. The second-order valence-corrected chi connectivity index (χ2v) is 11.1. The summed E-state index contributed by atoms with van der Waals surface area (Å²) in [6, 6.07) is 15.2. The smallest absolute Gasteiger partial charge is 0.422 e. The summed E-state index contributed by atoms with van der Waals surface area (Å²) in [5.74, 6) is 0.805. The minimum atomic E-state index is -0.121. The Hall–Kier alpha value is -2.61. The van der Waals surface area contributed by atoms with E-state index in [0.29, 0.717) is 34.8 Å². The molecule has 3 heterocycles. The molecular weight excluding hydrogens is 543 g/mol. The summed E-state index contributed by atoms with van der Waals surface area (Å²) >= 11 is 18.4. The van der Waals surface area contributed by atoms with Crippen LogP contribution in [0.4, 0.5) is 10.5 Å². The summed E-state index contributed by atoms with van der Waals surface area (Å²) in [6.45, 7) is 3.33. The van der Waals surface area contributed by atoms with Crippen molar-refractivity contribution < 1.29 is 9.53 Å². The first-order valence-corrected chi connectivity index (χ1v) is 13.8. The van der Waals surface area contributed by atoms with Crippen molar-refractivity contribution in [1.29, 1.82) is 0 Å². The highest BCUT2D eigenvalue weighted by Crippen LogP contribution is 2.51. The van der Waals surface area contributed by atoms with E-state index in [-0.39, 0.29) is 15.9 Å². The molecular formula is C29H30Cl3N4O2+. The number of pyridine rings is 1. The second kappa shape index (κ2) is 11.2. The van der Waals surface area contributed by atoms with Gasteiger partial charge in [0.15, 0.2) is 0 Å². The zero-order valence-corrected chi connectivity index (χ0v) is 23.4. The average molecular weight is 573 g/mol. The molecule has 0 aliphatic carbocycles. The van der Waals surface area contributed by atoms with Gasteiger partial charge in [-0.15, -0.1) is 0 Å². The lowest BCUT2D eigenvalue weighted by atomic mass is 9.74. The number of halogens is 3. The van der Waals surface area contributed by atoms with Gasteiger partial charge in [0, 0.05) is 24.4 Å². The number of hydrogen-bond acceptors (Lipinski definition) is 4. The van der Waals surface area contributed by atoms with E-state index in [1.54, 1.807) is 25.4 Å². The number of benzene rings is 2. The predicted octanol–water partition coefficient (Wildman–Crippen LogP) is 6.62. The van der Waals surface area contributed by atoms with Crippen LogP contribution in [-0.2, 0) is 12.0 Å². The van der Waals surface area contributed by atoms with Crippen LogP contribution in [0.15, 0.2) is 60.8 Å². The molecule has 2 aromatic carbocycles. The number of aromatic nitrogens is 1. The average Bonchev–Trinajstić information content (AvgIpc) is 3.19. The number of nitrogens with one attached hydrogen (secondary N) is 2. The van der Waals surface area contributed by atoms with Gasteiger partial charge < -0.3 is 15.4 Å². The highest BCUT2D eigenvalue weighted by molar-refractivity contribution is 6.42. The zero-order chi connectivity index (χ0) is 26.8. The molecule has 198 valence electrons. The fraction of sp³-hybridized carbons (Fsp3) is 0.310. The van der Waals surface area contributed by atoms with E-state index in [2.05, 4.69) is 33.8 Å². The van der Waals surface area contributed by atoms with E-state index in [9.17, 15) is 4.79 Å². The Morgan fingerprint density at radius 2 is 1.92 bits per heavy atom. The number of fused-ring (bicyclic) bond motifs is 2. The molecule has 2 amide bonds. The van der Waals surface area contributed by atoms with Crippen LogP contribution >= 0.6 is 34.8 Å². The van der Waals surface area contributed by atoms with Gasteiger partial charge in [0.25, 0.3) is 0 Å². The topological polar surface area (TPSA) is 63.2 Å². The predicted molar refractivity (Wildman–Crippen MR) is 155 cm³/mol. The highest BCUT2D eigenvalue weighted by atomic mass is 35.5. The Labute approximate surface area is 238 Å². The summed E-state index contributed by atoms with van der Waals surface area (Å²) in [5, 5.41) is 8.09. The van der Waals surface area contributed by atoms with Gasteiger partial charge in [0.1, 0.15) is 29.7 Å². The Balaban J connectivity index is 1.53. The molecule has 1 fully saturated rings. The number of hydrogen-bond donors (Lipinski definition) is 2. The lowest BCUT2D eigenvalue weighted by Gasteiger charge is -2.36. The van der Waals surface area contributed by atoms with E-state index < -0.39 is 0 Å². The normalized spacial score (nSPS) is 20.0. The molecule has 1 aromatic heterocycles. The van der Waals surface area contributed by atoms with Crippen molar-refractivity contribution in [2.45, 2.75) is 24.8 Å². The van der Waals surface area contributed by atoms with Crippen LogP contribution in [0.2, 0.25) is 15.2 Å². The van der Waals surface area contributed by atoms with Crippen LogP contribution in [0, 0.1) is 0 Å². The fourth-order valence-corrected chi connectivity index (χ4v) is 6.26. The fourth-order valence-electron chi connectivity index (χ4n) is 5.75. The molecule has 1 spiro atoms. The maximum Gasteiger partial charge on any atom is 0.422 e. The van der Waals surface area contributed by atoms with E-state index in [1.807, 2.05) is 30.3 Å². The SMILES string of the molecule is COc1ccc2c(c1)C1(CCNCC1)C[N+]2(C/C=C/c1ccc(Cl)c(Cl)c1)C(=O)NCc1ccnc(Cl)c1. The Bertz CT molecular complexity index is 1370. The largest absolute Gasteiger partial charge is 0.497 e. The van der Waals surface area contributed by atoms with Crippen molar-refractivity contribution in [3.05, 3.63) is 92.7 Å². The number of urea groups is 1. The van der Waals surface area contributed by atoms with E-state index in [0.717, 1.165) is 48.5 Å². The molecule has 0 radical (unpaired) electrons. The molecule has 1 atom stereocenters. The van der Waals surface area contributed by atoms with Crippen molar-refractivity contribution in [2.75, 3.05) is 33.3 Å². The second-order valence-electron chi connectivity index (χ2n) is 9.94. The molecule has 5 rings (SSSR count). The third-order valence-electron chi connectivity index (χ3n) is 7.66. The quantitative estimate of drug-likeness (QED) is 0.258. The van der Waals surface area contributed by atoms with Crippen molar-refractivity contribution in [1.82, 2.24) is 20.1 Å². The maximum absolute atomic E-state index is 14.2. The molecule has 2 aliphatic rings. The summed E-state index contributed by atoms with van der Waals surface area (Å²) < 4.78 is 5.76. The lowest BCUT2D eigenvalue weighted by Crippen LogP contribution is -2.60. The number of rotatable bonds is 6. The standard InChI is InChI=1S/C29H29Cl3N4O2/c1-38-22-5-7-26-23(17-22)29(9-12-33-13-10-29)19-36(26,14-2-3-20-4-6-24(30)25(31)15-20)28(37)35-18-21-8-11-34-27(32)16-21/h2-8,11,15-17,33H,9-10,12-14,18-19H2,1H3/p+1/b3-2+. The Kier molecular flexibility index (Phi) is 7.98. The Morgan fingerprint density at radius 1 is 1.11 bits per heavy atom. The summed E-state index contributed by atoms with van der Waals surface area (Å²) in [5.41, 5.74) is 3.91. The first kappa shape index (κ1) is 27.0. The van der Waals surface area contributed by atoms with Crippen LogP contribution in [0.5, 0.6) is 5.75 Å². The maximum atomic E-state index is 14.2. The van der Waals surface area contributed by atoms with Gasteiger partial charge in [0.05, 0.1) is 22.6 Å². The van der Waals surface area contributed by atoms with E-state index in [4.69, 9.17) is 39.5 Å². The van der Waals surface area contributed by atoms with Gasteiger partial charge in [-0.2, -0.15) is 0 Å². The van der Waals surface area contributed by atoms with Gasteiger partial charge in [-0.3, -0.25) is 0 Å². The van der Waals surface area contributed by atoms with Crippen molar-refractivity contribution in [3.63, 3.8) is 0 Å². The summed E-state index contributed by atoms with van der Waals surface area (Å²) in [4.78, 5) is 18.2. The van der Waals surface area contributed by atoms with E-state index >= 15 is 0 Å². The number of ether oxygens (including phenoxy) is 1. The van der Waals surface area contributed by atoms with Gasteiger partial charge >= 0.3 is 6.03 Å². The number of quaternary nitrogens is 1. The van der Waals surface area contributed by atoms with Gasteiger partial charge in [0.2, 0.25) is 0 Å². The van der Waals surface area contributed by atoms with E-state index in [1.165, 1.54) is 5.56 Å². The molecule has 0 saturated carbocycles. The van der Waals surface area contributed by atoms with Crippen LogP contribution in [0.3, 0.4) is 0 Å². The monoisotopic (exact) mass is 571 g/mol. The molecule has 2 N–H and O–H groups in total. The number of nitrogens with zero attached hydrogens (tertiary/aromatic N) is 2. The molecule has 1 saturated heterocycles. The molecule has 6 nitrogen and oxygen atoms in total. The highest BCUT2D eigenvalue weighted by Gasteiger charge is 2.57. The summed E-state index contributed by atoms with van der Waals surface area (Å²) in [6.07, 6.45) is 7.61. The number of piperidine rings is 1. The van der Waals surface area contributed by atoms with Gasteiger partial charge in [-0.25, -0.2) is 14.3 Å². The third-order valence-corrected chi connectivity index (χ3v) is 8.61. The van der Waals surface area contributed by atoms with Crippen LogP contribution in [-0.4, -0.2) is 44.3 Å². The minimum Gasteiger partial charge on any atom is -0.497 e. The summed E-state index contributed by atoms with van der Waals surface area (Å²) in [7, 11) is 1.68. The first-order chi connectivity index (χ1) is 18.3. The van der Waals surface area contributed by atoms with Crippen molar-refractivity contribution in [2.24, 2.45) is 0 Å². The van der Waals surface area contributed by atoms with Crippen molar-refractivity contribution >= 4 is 52.6 Å². The molecule has 9 heteroatoms. The third kappa shape index (κ3) is 5.29. The zero-order valence-electron chi connectivity index (χ0n) is 21.1. The molecule has 38 heavy (non-hydrogen) atoms. The molecule has 0 bridgehead atoms. The molecule has 2 aliphatic heterocycles. The first-order valence-electron chi connectivity index (χ1n) is 12.6. The number of methoxy groups -OCH3 is 1. The Morgan fingerprint density at radius 3 is 2.66 bits per heavy atom. The van der Waals surface area contributed by atoms with Gasteiger partial charge in [-0.1, -0.05) is 46.9 Å². The number of carbonyl (C=O) groups is 1. The number of amides is 2. The minimum absolute atomic E-state index is 0.0569. The van der Waals surface area contributed by atoms with Crippen molar-refractivity contribution in [3.8, 4) is 5.75 Å². The number of carbonyl (C=O) groups excluding carboxylic acids is 1. The van der Waals surface area contributed by atoms with Crippen LogP contribution in [0.1, 0.15) is 29.5 Å². The van der Waals surface area contributed by atoms with Crippen LogP contribution in [0.25, 0.3) is 6.08 Å². The molecule has 3 aromatic rings. The van der Waals surface area contributed by atoms with Gasteiger partial charge in [-0.05, 0) is 79.5 Å². The molecule has 1 unspecified atom stereocenters.